The van der Waals surface area contributed by atoms with Gasteiger partial charge in [-0.15, -0.1) is 11.3 Å². The normalized spacial score (nSPS) is 19.8. The zero-order valence-corrected chi connectivity index (χ0v) is 40.2. The number of hydrogen-bond acceptors (Lipinski definition) is 11. The quantitative estimate of drug-likeness (QED) is 0.0919. The van der Waals surface area contributed by atoms with Crippen LogP contribution in [0.5, 0.6) is 5.75 Å². The number of imidazole rings is 2. The Hall–Kier alpha value is -6.69. The summed E-state index contributed by atoms with van der Waals surface area (Å²) in [5, 5.41) is 7.37. The van der Waals surface area contributed by atoms with Crippen molar-refractivity contribution in [2.45, 2.75) is 109 Å². The van der Waals surface area contributed by atoms with Crippen LogP contribution in [0.3, 0.4) is 0 Å². The van der Waals surface area contributed by atoms with Gasteiger partial charge in [0.25, 0.3) is 0 Å². The average Bonchev–Trinajstić information content (AvgIpc) is 4.05. The lowest BCUT2D eigenvalue weighted by Crippen LogP contribution is -2.51. The molecule has 17 nitrogen and oxygen atoms in total. The van der Waals surface area contributed by atoms with E-state index in [1.54, 1.807) is 11.3 Å². The number of methoxy groups -OCH3 is 2. The largest absolute Gasteiger partial charge is 0.463 e. The second-order valence-electron chi connectivity index (χ2n) is 19.1. The Kier molecular flexibility index (Phi) is 12.0. The maximum Gasteiger partial charge on any atom is 0.407 e. The molecule has 3 fully saturated rings. The van der Waals surface area contributed by atoms with Crippen LogP contribution in [0.4, 0.5) is 9.59 Å². The highest BCUT2D eigenvalue weighted by Gasteiger charge is 2.40. The Morgan fingerprint density at radius 3 is 1.90 bits per heavy atom. The molecule has 1 saturated carbocycles. The highest BCUT2D eigenvalue weighted by atomic mass is 32.1. The van der Waals surface area contributed by atoms with Gasteiger partial charge < -0.3 is 44.6 Å². The number of hydrogen-bond donors (Lipinski definition) is 4. The van der Waals surface area contributed by atoms with Crippen LogP contribution < -0.4 is 15.4 Å². The van der Waals surface area contributed by atoms with Gasteiger partial charge in [-0.25, -0.2) is 24.5 Å². The lowest BCUT2D eigenvalue weighted by atomic mass is 9.98. The minimum absolute atomic E-state index is 0.130. The molecule has 3 aliphatic heterocycles. The standard InChI is InChI=1S/C50H58N10O7S/c1-25(2)41(56-49(63)65-6)46(61)58-16-8-10-35(58)43-51-22-32(54-43)29-14-15-34-31(19-29)20-37-40-27(5)18-30(21-38(40)67-48(60(34)37)45-53-24-39(68-45)28-12-13-28)33-23-52-44(55-33)36-11-9-17-59(36)47(62)42(26(3)4)57-50(64)66-7/h14-15,18-26,28,35-36,41-42,48H,8-13,16-17H2,1-7H3,(H,51,54)(H,52,55)(H,56,63)(H,57,64)/t35-,36-,41-,42-,48?/m0/s1. The van der Waals surface area contributed by atoms with Gasteiger partial charge >= 0.3 is 12.2 Å². The summed E-state index contributed by atoms with van der Waals surface area (Å²) in [5.74, 6) is 2.12. The molecule has 0 spiro atoms. The average molecular weight is 943 g/mol. The summed E-state index contributed by atoms with van der Waals surface area (Å²) in [5.41, 5.74) is 7.54. The number of carbonyl (C=O) groups is 4. The molecule has 4 N–H and O–H groups in total. The van der Waals surface area contributed by atoms with Crippen molar-refractivity contribution in [3.8, 4) is 39.5 Å². The third-order valence-electron chi connectivity index (χ3n) is 13.9. The van der Waals surface area contributed by atoms with E-state index in [2.05, 4.69) is 68.5 Å². The van der Waals surface area contributed by atoms with Gasteiger partial charge in [-0.2, -0.15) is 0 Å². The van der Waals surface area contributed by atoms with Crippen molar-refractivity contribution in [3.05, 3.63) is 82.1 Å². The number of ether oxygens (including phenoxy) is 3. The van der Waals surface area contributed by atoms with Gasteiger partial charge in [0.2, 0.25) is 18.0 Å². The molecule has 356 valence electrons. The zero-order chi connectivity index (χ0) is 47.5. The first-order valence-corrected chi connectivity index (χ1v) is 24.5. The van der Waals surface area contributed by atoms with Crippen molar-refractivity contribution in [3.63, 3.8) is 0 Å². The maximum absolute atomic E-state index is 13.9. The van der Waals surface area contributed by atoms with Crippen LogP contribution in [0, 0.1) is 18.8 Å². The lowest BCUT2D eigenvalue weighted by Gasteiger charge is -2.30. The van der Waals surface area contributed by atoms with E-state index in [0.717, 1.165) is 86.7 Å². The van der Waals surface area contributed by atoms with Gasteiger partial charge in [0, 0.05) is 46.2 Å². The summed E-state index contributed by atoms with van der Waals surface area (Å²) >= 11 is 1.71. The van der Waals surface area contributed by atoms with Crippen LogP contribution in [0.25, 0.3) is 44.7 Å². The van der Waals surface area contributed by atoms with Crippen LogP contribution in [0.1, 0.15) is 118 Å². The van der Waals surface area contributed by atoms with E-state index in [4.69, 9.17) is 29.2 Å². The molecule has 2 saturated heterocycles. The molecular weight excluding hydrogens is 885 g/mol. The molecule has 4 aliphatic rings. The van der Waals surface area contributed by atoms with Crippen LogP contribution >= 0.6 is 11.3 Å². The fourth-order valence-electron chi connectivity index (χ4n) is 10.2. The monoisotopic (exact) mass is 942 g/mol. The Morgan fingerprint density at radius 1 is 0.750 bits per heavy atom. The molecule has 10 rings (SSSR count). The number of benzene rings is 2. The minimum atomic E-state index is -0.723. The first kappa shape index (κ1) is 45.1. The molecule has 1 aliphatic carbocycles. The third-order valence-corrected chi connectivity index (χ3v) is 15.1. The van der Waals surface area contributed by atoms with E-state index < -0.39 is 30.5 Å². The fraction of sp³-hybridized carbons (Fsp3) is 0.460. The molecule has 0 bridgehead atoms. The lowest BCUT2D eigenvalue weighted by molar-refractivity contribution is -0.136. The van der Waals surface area contributed by atoms with Crippen molar-refractivity contribution < 1.29 is 33.4 Å². The molecule has 18 heteroatoms. The fourth-order valence-corrected chi connectivity index (χ4v) is 11.3. The number of fused-ring (bicyclic) bond motifs is 5. The van der Waals surface area contributed by atoms with Gasteiger partial charge in [0.15, 0.2) is 5.01 Å². The number of aryl methyl sites for hydroxylation is 1. The van der Waals surface area contributed by atoms with E-state index in [-0.39, 0.29) is 35.7 Å². The molecule has 6 aromatic rings. The molecule has 68 heavy (non-hydrogen) atoms. The number of aromatic nitrogens is 6. The summed E-state index contributed by atoms with van der Waals surface area (Å²) in [6, 6.07) is 10.9. The van der Waals surface area contributed by atoms with Crippen molar-refractivity contribution in [2.75, 3.05) is 27.3 Å². The summed E-state index contributed by atoms with van der Waals surface area (Å²) < 4.78 is 19.0. The predicted molar refractivity (Wildman–Crippen MR) is 256 cm³/mol. The predicted octanol–water partition coefficient (Wildman–Crippen LogP) is 8.76. The van der Waals surface area contributed by atoms with Crippen LogP contribution in [0.15, 0.2) is 55.0 Å². The van der Waals surface area contributed by atoms with Crippen LogP contribution in [-0.2, 0) is 19.1 Å². The molecule has 1 unspecified atom stereocenters. The van der Waals surface area contributed by atoms with Crippen molar-refractivity contribution in [2.24, 2.45) is 11.8 Å². The van der Waals surface area contributed by atoms with E-state index in [9.17, 15) is 19.2 Å². The Bertz CT molecular complexity index is 2910. The van der Waals surface area contributed by atoms with Gasteiger partial charge in [-0.3, -0.25) is 14.2 Å². The molecule has 4 amide bonds. The summed E-state index contributed by atoms with van der Waals surface area (Å²) in [6.45, 7) is 10.9. The van der Waals surface area contributed by atoms with E-state index >= 15 is 0 Å². The van der Waals surface area contributed by atoms with Crippen molar-refractivity contribution in [1.82, 2.24) is 49.9 Å². The summed E-state index contributed by atoms with van der Waals surface area (Å²) in [6.07, 6.45) is 9.38. The zero-order valence-electron chi connectivity index (χ0n) is 39.4. The highest BCUT2D eigenvalue weighted by Crippen LogP contribution is 2.50. The number of alkyl carbamates (subject to hydrolysis) is 2. The molecule has 7 heterocycles. The second-order valence-corrected chi connectivity index (χ2v) is 20.2. The number of rotatable bonds is 12. The minimum Gasteiger partial charge on any atom is -0.463 e. The number of nitrogens with one attached hydrogen (secondary N) is 4. The molecule has 4 aromatic heterocycles. The summed E-state index contributed by atoms with van der Waals surface area (Å²) in [4.78, 5) is 78.6. The smallest absolute Gasteiger partial charge is 0.407 e. The number of aromatic amines is 2. The van der Waals surface area contributed by atoms with E-state index in [1.807, 2.05) is 56.1 Å². The Labute approximate surface area is 398 Å². The van der Waals surface area contributed by atoms with Crippen molar-refractivity contribution >= 4 is 46.2 Å². The van der Waals surface area contributed by atoms with Crippen LogP contribution in [0.2, 0.25) is 0 Å². The molecular formula is C50H58N10O7S. The van der Waals surface area contributed by atoms with E-state index in [0.29, 0.717) is 30.7 Å². The number of carbonyl (C=O) groups excluding carboxylic acids is 4. The first-order chi connectivity index (χ1) is 32.8. The topological polar surface area (TPSA) is 202 Å². The number of nitrogens with zero attached hydrogens (tertiary/aromatic N) is 6. The molecule has 0 radical (unpaired) electrons. The highest BCUT2D eigenvalue weighted by molar-refractivity contribution is 7.11. The van der Waals surface area contributed by atoms with Crippen molar-refractivity contribution in [1.29, 1.82) is 0 Å². The Morgan fingerprint density at radius 2 is 1.34 bits per heavy atom. The van der Waals surface area contributed by atoms with Gasteiger partial charge in [-0.05, 0) is 99.1 Å². The van der Waals surface area contributed by atoms with Crippen LogP contribution in [-0.4, -0.2) is 103 Å². The maximum atomic E-state index is 13.9. The third kappa shape index (κ3) is 8.25. The number of amides is 4. The van der Waals surface area contributed by atoms with Gasteiger partial charge in [0.05, 0.1) is 61.3 Å². The van der Waals surface area contributed by atoms with Gasteiger partial charge in [0.1, 0.15) is 29.5 Å². The SMILES string of the molecule is COC(=O)N[C@H](C(=O)N1CCC[C@H]1c1ncc(-c2cc(C)c3c(c2)OC(c2ncc(C4CC4)s2)n2c-3cc3cc(-c4cnc([C@@H]5CCCN5C(=O)[C@@H](NC(=O)OC)C(C)C)[nH]4)ccc32)[nH]1)C(C)C. The molecule has 2 aromatic carbocycles. The second kappa shape index (κ2) is 18.1. The number of H-pyrrole nitrogens is 2. The number of thiazole rings is 1. The summed E-state index contributed by atoms with van der Waals surface area (Å²) in [7, 11) is 2.59. The molecule has 5 atom stereocenters. The number of likely N-dealkylation sites (tertiary alicyclic amines) is 2. The van der Waals surface area contributed by atoms with Gasteiger partial charge in [-0.1, -0.05) is 33.8 Å². The van der Waals surface area contributed by atoms with E-state index in [1.165, 1.54) is 31.9 Å². The first-order valence-electron chi connectivity index (χ1n) is 23.6. The Balaban J connectivity index is 0.963.